The molecular formula is C26H25N3O4S. The molecular weight excluding hydrogens is 450 g/mol. The Morgan fingerprint density at radius 1 is 1.09 bits per heavy atom. The van der Waals surface area contributed by atoms with Gasteiger partial charge in [-0.2, -0.15) is 5.10 Å². The number of carbonyl (C=O) groups excluding carboxylic acids is 1. The first-order chi connectivity index (χ1) is 16.6. The molecule has 0 unspecified atom stereocenters. The zero-order valence-corrected chi connectivity index (χ0v) is 19.7. The van der Waals surface area contributed by atoms with Crippen molar-refractivity contribution in [1.29, 1.82) is 0 Å². The summed E-state index contributed by atoms with van der Waals surface area (Å²) in [5, 5.41) is 8.91. The van der Waals surface area contributed by atoms with Gasteiger partial charge in [-0.25, -0.2) is 4.68 Å². The number of fused-ring (bicyclic) bond motifs is 2. The standard InChI is InChI=1S/C26H25N3O4S/c1-17-20-14-23(34-25(20)29(28-17)19-5-3-2-4-6-19)24(30)27-15-26(9-11-31-12-10-26)18-7-8-21-22(13-18)33-16-32-21/h2-8,13-14H,9-12,15-16H2,1H3,(H,27,30). The maximum Gasteiger partial charge on any atom is 0.261 e. The summed E-state index contributed by atoms with van der Waals surface area (Å²) >= 11 is 1.47. The Balaban J connectivity index is 1.26. The summed E-state index contributed by atoms with van der Waals surface area (Å²) < 4.78 is 18.7. The maximum atomic E-state index is 13.3. The molecule has 7 nitrogen and oxygen atoms in total. The van der Waals surface area contributed by atoms with Crippen LogP contribution in [0.2, 0.25) is 0 Å². The Hall–Kier alpha value is -3.36. The van der Waals surface area contributed by atoms with E-state index in [1.807, 2.05) is 54.1 Å². The van der Waals surface area contributed by atoms with E-state index in [9.17, 15) is 4.79 Å². The van der Waals surface area contributed by atoms with Crippen LogP contribution in [0, 0.1) is 6.92 Å². The van der Waals surface area contributed by atoms with Gasteiger partial charge in [0.25, 0.3) is 5.91 Å². The summed E-state index contributed by atoms with van der Waals surface area (Å²) in [5.74, 6) is 1.47. The predicted octanol–water partition coefficient (Wildman–Crippen LogP) is 4.60. The quantitative estimate of drug-likeness (QED) is 0.457. The zero-order chi connectivity index (χ0) is 23.1. The molecule has 2 aromatic carbocycles. The molecule has 0 atom stereocenters. The number of thiophene rings is 1. The van der Waals surface area contributed by atoms with Crippen LogP contribution in [0.1, 0.15) is 33.8 Å². The second kappa shape index (κ2) is 8.45. The van der Waals surface area contributed by atoms with Crippen molar-refractivity contribution in [2.45, 2.75) is 25.2 Å². The maximum absolute atomic E-state index is 13.3. The Labute approximate surface area is 201 Å². The van der Waals surface area contributed by atoms with E-state index in [1.54, 1.807) is 0 Å². The van der Waals surface area contributed by atoms with Gasteiger partial charge in [0.05, 0.1) is 16.3 Å². The van der Waals surface area contributed by atoms with Gasteiger partial charge < -0.3 is 19.5 Å². The molecule has 0 spiro atoms. The van der Waals surface area contributed by atoms with Crippen LogP contribution in [0.3, 0.4) is 0 Å². The van der Waals surface area contributed by atoms with Gasteiger partial charge in [-0.1, -0.05) is 24.3 Å². The van der Waals surface area contributed by atoms with Gasteiger partial charge in [0, 0.05) is 30.6 Å². The van der Waals surface area contributed by atoms with Gasteiger partial charge in [0.1, 0.15) is 4.83 Å². The second-order valence-electron chi connectivity index (χ2n) is 8.81. The van der Waals surface area contributed by atoms with Gasteiger partial charge >= 0.3 is 0 Å². The highest BCUT2D eigenvalue weighted by atomic mass is 32.1. The van der Waals surface area contributed by atoms with Crippen LogP contribution in [0.25, 0.3) is 15.9 Å². The van der Waals surface area contributed by atoms with Gasteiger partial charge in [0.15, 0.2) is 11.5 Å². The number of para-hydroxylation sites is 1. The van der Waals surface area contributed by atoms with Crippen molar-refractivity contribution in [2.75, 3.05) is 26.6 Å². The number of aryl methyl sites for hydroxylation is 1. The van der Waals surface area contributed by atoms with Crippen molar-refractivity contribution in [3.8, 4) is 17.2 Å². The van der Waals surface area contributed by atoms with Crippen LogP contribution in [0.4, 0.5) is 0 Å². The zero-order valence-electron chi connectivity index (χ0n) is 18.9. The molecule has 0 saturated carbocycles. The molecule has 174 valence electrons. The van der Waals surface area contributed by atoms with Gasteiger partial charge in [0.2, 0.25) is 6.79 Å². The van der Waals surface area contributed by atoms with E-state index in [0.717, 1.165) is 51.5 Å². The molecule has 1 saturated heterocycles. The first-order valence-corrected chi connectivity index (χ1v) is 12.3. The highest BCUT2D eigenvalue weighted by molar-refractivity contribution is 7.20. The third-order valence-electron chi connectivity index (χ3n) is 6.79. The van der Waals surface area contributed by atoms with E-state index in [0.29, 0.717) is 24.6 Å². The lowest BCUT2D eigenvalue weighted by Crippen LogP contribution is -2.44. The predicted molar refractivity (Wildman–Crippen MR) is 130 cm³/mol. The van der Waals surface area contributed by atoms with Crippen LogP contribution < -0.4 is 14.8 Å². The van der Waals surface area contributed by atoms with Gasteiger partial charge in [-0.05, 0) is 55.7 Å². The highest BCUT2D eigenvalue weighted by Crippen LogP contribution is 2.40. The Morgan fingerprint density at radius 2 is 1.88 bits per heavy atom. The largest absolute Gasteiger partial charge is 0.454 e. The number of rotatable bonds is 5. The number of amides is 1. The van der Waals surface area contributed by atoms with Crippen molar-refractivity contribution in [2.24, 2.45) is 0 Å². The summed E-state index contributed by atoms with van der Waals surface area (Å²) in [6.45, 7) is 4.09. The van der Waals surface area contributed by atoms with Crippen molar-refractivity contribution >= 4 is 27.5 Å². The molecule has 8 heteroatoms. The topological polar surface area (TPSA) is 74.6 Å². The van der Waals surface area contributed by atoms with E-state index in [4.69, 9.17) is 14.2 Å². The lowest BCUT2D eigenvalue weighted by atomic mass is 9.74. The van der Waals surface area contributed by atoms with E-state index < -0.39 is 0 Å². The summed E-state index contributed by atoms with van der Waals surface area (Å²) in [6, 6.07) is 18.0. The fourth-order valence-corrected chi connectivity index (χ4v) is 5.90. The summed E-state index contributed by atoms with van der Waals surface area (Å²) in [6.07, 6.45) is 1.67. The molecule has 1 amide bonds. The number of hydrogen-bond acceptors (Lipinski definition) is 6. The molecule has 4 aromatic rings. The molecule has 1 N–H and O–H groups in total. The molecule has 34 heavy (non-hydrogen) atoms. The minimum absolute atomic E-state index is 0.0631. The van der Waals surface area contributed by atoms with Crippen LogP contribution in [0.5, 0.6) is 11.5 Å². The number of benzene rings is 2. The SMILES string of the molecule is Cc1nn(-c2ccccc2)c2sc(C(=O)NCC3(c4ccc5c(c4)OCO5)CCOCC3)cc12. The molecule has 0 bridgehead atoms. The lowest BCUT2D eigenvalue weighted by molar-refractivity contribution is 0.0487. The van der Waals surface area contributed by atoms with E-state index in [-0.39, 0.29) is 18.1 Å². The number of carbonyl (C=O) groups is 1. The summed E-state index contributed by atoms with van der Waals surface area (Å²) in [4.78, 5) is 14.9. The molecule has 2 aromatic heterocycles. The second-order valence-corrected chi connectivity index (χ2v) is 9.84. The number of ether oxygens (including phenoxy) is 3. The summed E-state index contributed by atoms with van der Waals surface area (Å²) in [7, 11) is 0. The molecule has 0 radical (unpaired) electrons. The molecule has 1 fully saturated rings. The van der Waals surface area contributed by atoms with Crippen LogP contribution in [-0.2, 0) is 10.2 Å². The van der Waals surface area contributed by atoms with Crippen LogP contribution in [0.15, 0.2) is 54.6 Å². The van der Waals surface area contributed by atoms with E-state index in [2.05, 4.69) is 22.5 Å². The van der Waals surface area contributed by atoms with Crippen molar-refractivity contribution in [3.05, 3.63) is 70.7 Å². The fourth-order valence-electron chi connectivity index (χ4n) is 4.80. The molecule has 2 aliphatic rings. The first kappa shape index (κ1) is 21.2. The molecule has 2 aliphatic heterocycles. The first-order valence-electron chi connectivity index (χ1n) is 11.4. The lowest BCUT2D eigenvalue weighted by Gasteiger charge is -2.38. The number of aromatic nitrogens is 2. The van der Waals surface area contributed by atoms with Crippen LogP contribution in [-0.4, -0.2) is 42.2 Å². The number of hydrogen-bond donors (Lipinski definition) is 1. The average molecular weight is 476 g/mol. The van der Waals surface area contributed by atoms with Crippen molar-refractivity contribution in [3.63, 3.8) is 0 Å². The minimum atomic E-state index is -0.206. The van der Waals surface area contributed by atoms with E-state index >= 15 is 0 Å². The minimum Gasteiger partial charge on any atom is -0.454 e. The normalized spacial score (nSPS) is 16.6. The van der Waals surface area contributed by atoms with Crippen LogP contribution >= 0.6 is 11.3 Å². The Kier molecular flexibility index (Phi) is 5.27. The van der Waals surface area contributed by atoms with Gasteiger partial charge in [-0.15, -0.1) is 11.3 Å². The smallest absolute Gasteiger partial charge is 0.261 e. The Bertz CT molecular complexity index is 1360. The fraction of sp³-hybridized carbons (Fsp3) is 0.308. The van der Waals surface area contributed by atoms with Gasteiger partial charge in [-0.3, -0.25) is 4.79 Å². The van der Waals surface area contributed by atoms with Crippen molar-refractivity contribution < 1.29 is 19.0 Å². The average Bonchev–Trinajstić information content (AvgIpc) is 3.60. The number of nitrogens with zero attached hydrogens (tertiary/aromatic N) is 2. The summed E-state index contributed by atoms with van der Waals surface area (Å²) in [5.41, 5.74) is 2.84. The van der Waals surface area contributed by atoms with Crippen molar-refractivity contribution in [1.82, 2.24) is 15.1 Å². The Morgan fingerprint density at radius 3 is 2.71 bits per heavy atom. The molecule has 6 rings (SSSR count). The third-order valence-corrected chi connectivity index (χ3v) is 7.90. The highest BCUT2D eigenvalue weighted by Gasteiger charge is 2.36. The third kappa shape index (κ3) is 3.63. The monoisotopic (exact) mass is 475 g/mol. The molecule has 4 heterocycles. The van der Waals surface area contributed by atoms with E-state index in [1.165, 1.54) is 11.3 Å². The number of nitrogens with one attached hydrogen (secondary N) is 1. The molecule has 0 aliphatic carbocycles.